The summed E-state index contributed by atoms with van der Waals surface area (Å²) in [6.45, 7) is -5.68. The summed E-state index contributed by atoms with van der Waals surface area (Å²) in [5.41, 5.74) is 18.8. The molecule has 4 saturated heterocycles. The summed E-state index contributed by atoms with van der Waals surface area (Å²) < 4.78 is 145. The van der Waals surface area contributed by atoms with E-state index in [1.807, 2.05) is 0 Å². The molecule has 546 valence electrons. The number of anilines is 4. The van der Waals surface area contributed by atoms with Crippen LogP contribution >= 0.6 is 39.1 Å². The van der Waals surface area contributed by atoms with Gasteiger partial charge in [-0.15, -0.1) is 0 Å². The SMILES string of the molecule is COC1C(OP(=O)([O-])OCC2OC(n3cnc4c(=O)[nH]c(N)nc43)C(O)C2OP(=O)([O-])OCC2OC(n3cnc4c(=O)[nH]c(N)nc43)C(O)C2O)C(COP(=O)([O-])OP(=O)([O-])OP(=O)([O-])OCC2(OC)OC([n+]3cn(C)c4c(=O)[nH]c(N)nc43)C(O)C2O)OC1n1cnc2c(N)ncnc21. The van der Waals surface area contributed by atoms with Crippen LogP contribution in [-0.2, 0) is 94.1 Å². The van der Waals surface area contributed by atoms with Gasteiger partial charge >= 0.3 is 5.65 Å². The van der Waals surface area contributed by atoms with Gasteiger partial charge < -0.3 is 128 Å². The first-order valence-corrected chi connectivity index (χ1v) is 35.4. The van der Waals surface area contributed by atoms with E-state index < -0.39 is 197 Å². The third kappa shape index (κ3) is 14.1. The standard InChI is InChI=1S/C43H57N20O32P5/c1-59-12-63(32-19(59)35(71)58-42(47)55-32)38-23(67)27(68)43(83-3,91-38)7-87-99(78,79)95-100(80,81)94-98(76,77)86-6-15-25(26(82-2)39(90-15)60-9-50-16-28(44)48-8-49-29(16)60)93-97(74,75)85-5-14-24(22(66)37(89-14)62-11-52-18-31(62)54-41(46)57-34(18)70)92-96(72,73)84-4-13-20(64)21(65)36(88-13)61-10-51-17-30(61)53-40(45)56-33(17)69/h8-15,20-27,36-39,64-68H,4-7H2,1-3H3,(H15-,44,45,46,47,48,49,53,54,55,56,57,58,69,70,71,72,73,74,75,76,77,78,79,80,81)/p-4. The number of nitrogens with zero attached hydrogens (tertiary/aromatic N) is 13. The number of aliphatic hydroxyl groups is 5. The molecule has 16 N–H and O–H groups in total. The van der Waals surface area contributed by atoms with Gasteiger partial charge in [-0.2, -0.15) is 9.97 Å². The molecule has 0 radical (unpaired) electrons. The molecule has 4 aliphatic rings. The smallest absolute Gasteiger partial charge is 0.313 e. The van der Waals surface area contributed by atoms with Crippen molar-refractivity contribution >= 4 is 107 Å². The van der Waals surface area contributed by atoms with Crippen molar-refractivity contribution in [3.05, 3.63) is 62.7 Å². The number of aromatic nitrogens is 16. The lowest BCUT2D eigenvalue weighted by molar-refractivity contribution is -0.750. The van der Waals surface area contributed by atoms with Gasteiger partial charge in [0.05, 0.1) is 45.9 Å². The fraction of sp³-hybridized carbons (Fsp3) is 0.535. The first-order valence-electron chi connectivity index (χ1n) is 28.1. The van der Waals surface area contributed by atoms with Crippen molar-refractivity contribution in [1.29, 1.82) is 0 Å². The lowest BCUT2D eigenvalue weighted by Gasteiger charge is -2.36. The number of fused-ring (bicyclic) bond motifs is 4. The molecule has 0 spiro atoms. The Kier molecular flexibility index (Phi) is 19.6. The third-order valence-electron chi connectivity index (χ3n) is 15.6. The number of phosphoric acid groups is 5. The molecule has 0 aromatic carbocycles. The van der Waals surface area contributed by atoms with Crippen LogP contribution in [-0.4, -0.2) is 212 Å². The zero-order valence-corrected chi connectivity index (χ0v) is 55.0. The monoisotopic (exact) mass is 1520 g/mol. The molecule has 52 nitrogen and oxygen atoms in total. The number of nitrogen functional groups attached to an aromatic ring is 4. The number of aromatic amines is 3. The topological polar surface area (TPSA) is 760 Å². The quantitative estimate of drug-likeness (QED) is 0.0177. The summed E-state index contributed by atoms with van der Waals surface area (Å²) in [7, 11) is -28.6. The lowest BCUT2D eigenvalue weighted by atomic mass is 10.1. The molecule has 4 fully saturated rings. The van der Waals surface area contributed by atoms with Crippen LogP contribution in [0.3, 0.4) is 0 Å². The van der Waals surface area contributed by atoms with E-state index in [4.69, 9.17) is 74.0 Å². The van der Waals surface area contributed by atoms with E-state index in [1.165, 1.54) is 17.9 Å². The highest BCUT2D eigenvalue weighted by Gasteiger charge is 2.59. The highest BCUT2D eigenvalue weighted by atomic mass is 31.3. The molecule has 0 aliphatic carbocycles. The predicted octanol–water partition coefficient (Wildman–Crippen LogP) is -9.42. The maximum atomic E-state index is 14.2. The summed E-state index contributed by atoms with van der Waals surface area (Å²) in [5.74, 6) is -4.18. The highest BCUT2D eigenvalue weighted by Crippen LogP contribution is 2.64. The first kappa shape index (κ1) is 72.8. The molecule has 21 unspecified atom stereocenters. The third-order valence-corrected chi connectivity index (χ3v) is 21.7. The van der Waals surface area contributed by atoms with Crippen LogP contribution in [0.5, 0.6) is 0 Å². The van der Waals surface area contributed by atoms with Gasteiger partial charge in [-0.25, -0.2) is 38.1 Å². The Bertz CT molecular complexity index is 4900. The van der Waals surface area contributed by atoms with Gasteiger partial charge in [0.25, 0.3) is 61.7 Å². The Labute approximate surface area is 551 Å². The number of nitrogens with one attached hydrogen (secondary N) is 3. The van der Waals surface area contributed by atoms with Crippen LogP contribution in [0.25, 0.3) is 44.7 Å². The minimum Gasteiger partial charge on any atom is -0.756 e. The van der Waals surface area contributed by atoms with Crippen LogP contribution in [0.15, 0.2) is 46.0 Å². The molecule has 57 heteroatoms. The molecule has 12 heterocycles. The minimum absolute atomic E-state index is 0.0793. The van der Waals surface area contributed by atoms with E-state index in [0.29, 0.717) is 0 Å². The average Bonchev–Trinajstić information content (AvgIpc) is 1.60. The average molecular weight is 1520 g/mol. The molecule has 21 atom stereocenters. The number of hydrogen-bond donors (Lipinski definition) is 12. The van der Waals surface area contributed by atoms with Crippen LogP contribution < -0.4 is 68.6 Å². The van der Waals surface area contributed by atoms with Gasteiger partial charge in [0.15, 0.2) is 58.8 Å². The number of H-pyrrole nitrogens is 3. The van der Waals surface area contributed by atoms with Crippen molar-refractivity contribution in [2.24, 2.45) is 7.05 Å². The molecule has 8 aromatic rings. The van der Waals surface area contributed by atoms with Crippen molar-refractivity contribution in [1.82, 2.24) is 73.1 Å². The molecular formula is C43H53N20O32P5-4. The zero-order valence-electron chi connectivity index (χ0n) is 50.5. The number of imidazole rings is 4. The Balaban J connectivity index is 0.747. The molecule has 8 aromatic heterocycles. The van der Waals surface area contributed by atoms with E-state index >= 15 is 0 Å². The van der Waals surface area contributed by atoms with Gasteiger partial charge in [0.2, 0.25) is 29.4 Å². The lowest BCUT2D eigenvalue weighted by Crippen LogP contribution is -2.48. The fourth-order valence-corrected chi connectivity index (χ4v) is 16.5. The summed E-state index contributed by atoms with van der Waals surface area (Å²) in [6.07, 6.45) is -24.7. The Morgan fingerprint density at radius 2 is 1.06 bits per heavy atom. The van der Waals surface area contributed by atoms with Crippen LogP contribution in [0.1, 0.15) is 24.9 Å². The van der Waals surface area contributed by atoms with Crippen molar-refractivity contribution in [2.45, 2.75) is 97.8 Å². The fourth-order valence-electron chi connectivity index (χ4n) is 11.2. The van der Waals surface area contributed by atoms with Gasteiger partial charge in [-0.3, -0.25) is 70.4 Å². The van der Waals surface area contributed by atoms with Crippen LogP contribution in [0, 0.1) is 0 Å². The van der Waals surface area contributed by atoms with Crippen molar-refractivity contribution < 1.29 is 142 Å². The van der Waals surface area contributed by atoms with Crippen molar-refractivity contribution in [3.8, 4) is 0 Å². The molecule has 100 heavy (non-hydrogen) atoms. The number of methoxy groups -OCH3 is 2. The molecule has 4 aliphatic heterocycles. The second-order valence-electron chi connectivity index (χ2n) is 21.9. The summed E-state index contributed by atoms with van der Waals surface area (Å²) >= 11 is 0. The molecular weight excluding hydrogens is 1460 g/mol. The Morgan fingerprint density at radius 3 is 1.65 bits per heavy atom. The number of aryl methyl sites for hydroxylation is 1. The van der Waals surface area contributed by atoms with Gasteiger partial charge in [0.1, 0.15) is 85.6 Å². The molecule has 0 amide bonds. The van der Waals surface area contributed by atoms with Gasteiger partial charge in [0, 0.05) is 14.2 Å². The number of phosphoric ester groups is 4. The van der Waals surface area contributed by atoms with Crippen LogP contribution in [0.4, 0.5) is 23.7 Å². The van der Waals surface area contributed by atoms with E-state index in [0.717, 1.165) is 57.8 Å². The zero-order chi connectivity index (χ0) is 72.2. The minimum atomic E-state index is -6.78. The van der Waals surface area contributed by atoms with Crippen LogP contribution in [0.2, 0.25) is 0 Å². The Morgan fingerprint density at radius 1 is 0.570 bits per heavy atom. The maximum absolute atomic E-state index is 14.2. The van der Waals surface area contributed by atoms with Crippen molar-refractivity contribution in [3.63, 3.8) is 0 Å². The second kappa shape index (κ2) is 27.0. The summed E-state index contributed by atoms with van der Waals surface area (Å²) in [5, 5.41) is 55.8. The molecule has 0 saturated carbocycles. The highest BCUT2D eigenvalue weighted by molar-refractivity contribution is 7.65. The molecule has 12 rings (SSSR count). The Hall–Kier alpha value is -7.01. The van der Waals surface area contributed by atoms with E-state index in [2.05, 4.69) is 68.0 Å². The van der Waals surface area contributed by atoms with Crippen molar-refractivity contribution in [2.75, 3.05) is 63.6 Å². The number of aliphatic hydroxyl groups excluding tert-OH is 5. The summed E-state index contributed by atoms with van der Waals surface area (Å²) in [6, 6.07) is 0. The largest absolute Gasteiger partial charge is 0.756 e. The number of nitrogens with two attached hydrogens (primary N) is 4. The maximum Gasteiger partial charge on any atom is 0.313 e. The number of rotatable bonds is 26. The van der Waals surface area contributed by atoms with Gasteiger partial charge in [-0.1, -0.05) is 4.98 Å². The normalized spacial score (nSPS) is 31.1. The van der Waals surface area contributed by atoms with E-state index in [1.54, 1.807) is 0 Å². The predicted molar refractivity (Wildman–Crippen MR) is 307 cm³/mol. The first-order chi connectivity index (χ1) is 46.9. The van der Waals surface area contributed by atoms with E-state index in [-0.39, 0.29) is 50.9 Å². The second-order valence-corrected chi connectivity index (χ2v) is 29.2. The van der Waals surface area contributed by atoms with Gasteiger partial charge in [-0.05, 0) is 0 Å². The molecule has 0 bridgehead atoms. The number of hydrogen-bond acceptors (Lipinski definition) is 44. The van der Waals surface area contributed by atoms with E-state index in [9.17, 15) is 87.2 Å². The number of ether oxygens (including phenoxy) is 6. The summed E-state index contributed by atoms with van der Waals surface area (Å²) in [4.78, 5) is 144.